The molecule has 0 saturated carbocycles. The number of piperazine rings is 1. The van der Waals surface area contributed by atoms with Crippen molar-refractivity contribution in [2.24, 2.45) is 0 Å². The van der Waals surface area contributed by atoms with Crippen LogP contribution >= 0.6 is 22.9 Å². The van der Waals surface area contributed by atoms with Gasteiger partial charge >= 0.3 is 0 Å². The number of hydrogen-bond donors (Lipinski definition) is 1. The van der Waals surface area contributed by atoms with Gasteiger partial charge in [0, 0.05) is 43.9 Å². The number of benzene rings is 1. The first-order valence-electron chi connectivity index (χ1n) is 9.66. The predicted octanol–water partition coefficient (Wildman–Crippen LogP) is 3.05. The molecule has 3 heterocycles. The van der Waals surface area contributed by atoms with E-state index in [2.05, 4.69) is 32.2 Å². The van der Waals surface area contributed by atoms with Crippen LogP contribution in [0.1, 0.15) is 23.0 Å². The number of nitrogens with one attached hydrogen (secondary N) is 1. The van der Waals surface area contributed by atoms with Crippen LogP contribution in [0.25, 0.3) is 5.13 Å². The zero-order chi connectivity index (χ0) is 20.2. The van der Waals surface area contributed by atoms with Gasteiger partial charge in [0.1, 0.15) is 5.69 Å². The Morgan fingerprint density at radius 2 is 1.86 bits per heavy atom. The third-order valence-corrected chi connectivity index (χ3v) is 6.43. The summed E-state index contributed by atoms with van der Waals surface area (Å²) < 4.78 is 1.78. The van der Waals surface area contributed by atoms with Gasteiger partial charge in [-0.15, -0.1) is 10.2 Å². The Morgan fingerprint density at radius 3 is 2.62 bits per heavy atom. The van der Waals surface area contributed by atoms with Gasteiger partial charge in [-0.25, -0.2) is 0 Å². The van der Waals surface area contributed by atoms with Crippen molar-refractivity contribution in [1.29, 1.82) is 0 Å². The van der Waals surface area contributed by atoms with Crippen LogP contribution in [-0.4, -0.2) is 58.3 Å². The molecule has 2 aromatic heterocycles. The molecular formula is C20H23ClN6OS. The number of carbonyl (C=O) groups excluding carboxylic acids is 1. The second kappa shape index (κ2) is 8.94. The highest BCUT2D eigenvalue weighted by Gasteiger charge is 2.21. The lowest BCUT2D eigenvalue weighted by Gasteiger charge is -2.33. The number of halogens is 1. The van der Waals surface area contributed by atoms with Crippen LogP contribution in [0.2, 0.25) is 5.02 Å². The third-order valence-electron chi connectivity index (χ3n) is 5.08. The zero-order valence-electron chi connectivity index (χ0n) is 16.2. The molecule has 1 aliphatic rings. The van der Waals surface area contributed by atoms with Gasteiger partial charge in [0.2, 0.25) is 10.3 Å². The third kappa shape index (κ3) is 4.44. The molecule has 9 heteroatoms. The van der Waals surface area contributed by atoms with E-state index in [4.69, 9.17) is 11.6 Å². The van der Waals surface area contributed by atoms with E-state index in [0.29, 0.717) is 22.4 Å². The topological polar surface area (TPSA) is 66.3 Å². The lowest BCUT2D eigenvalue weighted by Crippen LogP contribution is -2.46. The molecule has 3 aromatic rings. The number of anilines is 1. The lowest BCUT2D eigenvalue weighted by atomic mass is 10.2. The Hall–Kier alpha value is -2.42. The van der Waals surface area contributed by atoms with Crippen LogP contribution in [0, 0.1) is 0 Å². The van der Waals surface area contributed by atoms with Gasteiger partial charge in [0.25, 0.3) is 5.91 Å². The van der Waals surface area contributed by atoms with E-state index < -0.39 is 0 Å². The van der Waals surface area contributed by atoms with Crippen molar-refractivity contribution in [3.8, 4) is 5.13 Å². The van der Waals surface area contributed by atoms with Crippen molar-refractivity contribution in [3.05, 3.63) is 58.9 Å². The highest BCUT2D eigenvalue weighted by molar-refractivity contribution is 7.17. The second-order valence-corrected chi connectivity index (χ2v) is 8.17. The molecule has 1 aromatic carbocycles. The fraction of sp³-hybridized carbons (Fsp3) is 0.350. The van der Waals surface area contributed by atoms with Crippen molar-refractivity contribution in [1.82, 2.24) is 25.0 Å². The maximum Gasteiger partial charge on any atom is 0.268 e. The average molecular weight is 431 g/mol. The van der Waals surface area contributed by atoms with Crippen LogP contribution in [0.5, 0.6) is 0 Å². The molecule has 0 atom stereocenters. The van der Waals surface area contributed by atoms with E-state index in [-0.39, 0.29) is 5.91 Å². The smallest absolute Gasteiger partial charge is 0.268 e. The van der Waals surface area contributed by atoms with Gasteiger partial charge in [-0.2, -0.15) is 0 Å². The van der Waals surface area contributed by atoms with Gasteiger partial charge in [-0.1, -0.05) is 48.1 Å². The van der Waals surface area contributed by atoms with Crippen LogP contribution in [0.3, 0.4) is 0 Å². The van der Waals surface area contributed by atoms with Gasteiger partial charge in [0.15, 0.2) is 0 Å². The van der Waals surface area contributed by atoms with Gasteiger partial charge in [0.05, 0.1) is 0 Å². The molecule has 0 unspecified atom stereocenters. The number of aromatic nitrogens is 3. The molecule has 7 nitrogen and oxygen atoms in total. The number of likely N-dealkylation sites (N-methyl/N-ethyl adjacent to an activating group) is 1. The Morgan fingerprint density at radius 1 is 1.10 bits per heavy atom. The molecule has 0 radical (unpaired) electrons. The summed E-state index contributed by atoms with van der Waals surface area (Å²) >= 11 is 7.68. The van der Waals surface area contributed by atoms with E-state index >= 15 is 0 Å². The standard InChI is InChI=1S/C20H23ClN6OS/c1-2-25-10-12-26(13-11-25)19-23-24-20(29-19)27-9-5-8-17(27)18(28)22-14-15-6-3-4-7-16(15)21/h3-9H,2,10-14H2,1H3,(H,22,28). The Balaban J connectivity index is 1.45. The maximum absolute atomic E-state index is 12.7. The number of carbonyl (C=O) groups is 1. The molecule has 4 rings (SSSR count). The number of nitrogens with zero attached hydrogens (tertiary/aromatic N) is 5. The van der Waals surface area contributed by atoms with Crippen molar-refractivity contribution < 1.29 is 4.79 Å². The van der Waals surface area contributed by atoms with Crippen molar-refractivity contribution in [2.75, 3.05) is 37.6 Å². The molecule has 1 aliphatic heterocycles. The summed E-state index contributed by atoms with van der Waals surface area (Å²) in [6.07, 6.45) is 1.84. The van der Waals surface area contributed by atoms with E-state index in [9.17, 15) is 4.79 Å². The van der Waals surface area contributed by atoms with Crippen LogP contribution in [0.4, 0.5) is 5.13 Å². The fourth-order valence-corrected chi connectivity index (χ4v) is 4.43. The van der Waals surface area contributed by atoms with Crippen molar-refractivity contribution in [2.45, 2.75) is 13.5 Å². The highest BCUT2D eigenvalue weighted by atomic mass is 35.5. The summed E-state index contributed by atoms with van der Waals surface area (Å²) in [7, 11) is 0. The van der Waals surface area contributed by atoms with Crippen LogP contribution in [-0.2, 0) is 6.54 Å². The summed E-state index contributed by atoms with van der Waals surface area (Å²) in [6, 6.07) is 11.1. The summed E-state index contributed by atoms with van der Waals surface area (Å²) in [5.41, 5.74) is 1.40. The summed E-state index contributed by atoms with van der Waals surface area (Å²) in [5.74, 6) is -0.178. The zero-order valence-corrected chi connectivity index (χ0v) is 17.8. The fourth-order valence-electron chi connectivity index (χ4n) is 3.33. The lowest BCUT2D eigenvalue weighted by molar-refractivity contribution is 0.0944. The number of amides is 1. The molecule has 1 saturated heterocycles. The van der Waals surface area contributed by atoms with Crippen LogP contribution < -0.4 is 10.2 Å². The minimum Gasteiger partial charge on any atom is -0.347 e. The first kappa shape index (κ1) is 19.9. The molecular weight excluding hydrogens is 408 g/mol. The maximum atomic E-state index is 12.7. The molecule has 152 valence electrons. The van der Waals surface area contributed by atoms with E-state index in [1.54, 1.807) is 10.6 Å². The van der Waals surface area contributed by atoms with E-state index in [1.807, 2.05) is 36.5 Å². The average Bonchev–Trinajstić information content (AvgIpc) is 3.42. The molecule has 1 amide bonds. The van der Waals surface area contributed by atoms with Gasteiger partial charge < -0.3 is 15.1 Å². The quantitative estimate of drug-likeness (QED) is 0.651. The number of rotatable bonds is 6. The van der Waals surface area contributed by atoms with E-state index in [1.165, 1.54) is 11.3 Å². The molecule has 1 N–H and O–H groups in total. The normalized spacial score (nSPS) is 14.9. The highest BCUT2D eigenvalue weighted by Crippen LogP contribution is 2.25. The SMILES string of the molecule is CCN1CCN(c2nnc(-n3cccc3C(=O)NCc3ccccc3Cl)s2)CC1. The molecule has 0 aliphatic carbocycles. The monoisotopic (exact) mass is 430 g/mol. The second-order valence-electron chi connectivity index (χ2n) is 6.83. The summed E-state index contributed by atoms with van der Waals surface area (Å²) in [6.45, 7) is 7.58. The molecule has 29 heavy (non-hydrogen) atoms. The minimum atomic E-state index is -0.178. The first-order chi connectivity index (χ1) is 14.2. The molecule has 0 spiro atoms. The van der Waals surface area contributed by atoms with Crippen LogP contribution in [0.15, 0.2) is 42.6 Å². The van der Waals surface area contributed by atoms with Crippen molar-refractivity contribution in [3.63, 3.8) is 0 Å². The van der Waals surface area contributed by atoms with Crippen molar-refractivity contribution >= 4 is 34.0 Å². The Bertz CT molecular complexity index is 979. The van der Waals surface area contributed by atoms with E-state index in [0.717, 1.165) is 43.4 Å². The minimum absolute atomic E-state index is 0.178. The van der Waals surface area contributed by atoms with Gasteiger partial charge in [-0.05, 0) is 30.3 Å². The predicted molar refractivity (Wildman–Crippen MR) is 116 cm³/mol. The van der Waals surface area contributed by atoms with Gasteiger partial charge in [-0.3, -0.25) is 9.36 Å². The largest absolute Gasteiger partial charge is 0.347 e. The molecule has 0 bridgehead atoms. The Kier molecular flexibility index (Phi) is 6.13. The number of hydrogen-bond acceptors (Lipinski definition) is 6. The summed E-state index contributed by atoms with van der Waals surface area (Å²) in [4.78, 5) is 17.4. The Labute approximate surface area is 178 Å². The first-order valence-corrected chi connectivity index (χ1v) is 10.9. The molecule has 1 fully saturated rings. The summed E-state index contributed by atoms with van der Waals surface area (Å²) in [5, 5.41) is 13.8.